The van der Waals surface area contributed by atoms with Gasteiger partial charge in [0, 0.05) is 11.1 Å². The van der Waals surface area contributed by atoms with Gasteiger partial charge in [-0.25, -0.2) is 0 Å². The van der Waals surface area contributed by atoms with Crippen LogP contribution in [-0.4, -0.2) is 40.0 Å². The zero-order valence-electron chi connectivity index (χ0n) is 13.4. The van der Waals surface area contributed by atoms with Crippen molar-refractivity contribution >= 4 is 29.0 Å². The highest BCUT2D eigenvalue weighted by atomic mass is 35.5. The molecule has 1 fully saturated rings. The molecule has 0 spiro atoms. The Hall–Kier alpha value is -1.78. The number of nitrogens with zero attached hydrogens (tertiary/aromatic N) is 1. The number of halogens is 1. The Morgan fingerprint density at radius 1 is 1.17 bits per heavy atom. The molecule has 2 N–H and O–H groups in total. The number of aromatic hydroxyl groups is 2. The van der Waals surface area contributed by atoms with Gasteiger partial charge in [-0.3, -0.25) is 9.69 Å². The second-order valence-electron chi connectivity index (χ2n) is 6.09. The molecule has 23 heavy (non-hydrogen) atoms. The van der Waals surface area contributed by atoms with Gasteiger partial charge in [-0.1, -0.05) is 12.1 Å². The molecule has 0 bridgehead atoms. The van der Waals surface area contributed by atoms with E-state index in [0.29, 0.717) is 11.1 Å². The lowest BCUT2D eigenvalue weighted by atomic mass is 9.97. The second-order valence-corrected chi connectivity index (χ2v) is 6.09. The van der Waals surface area contributed by atoms with E-state index in [1.807, 2.05) is 19.1 Å². The molecular formula is C18H22ClNO3. The van der Waals surface area contributed by atoms with E-state index in [1.54, 1.807) is 13.0 Å². The number of Topliss-reactive ketones (excluding diaryl/α,β-unsaturated/α-hetero) is 1. The Morgan fingerprint density at radius 2 is 1.83 bits per heavy atom. The Labute approximate surface area is 142 Å². The number of benzene rings is 2. The molecule has 1 atom stereocenters. The standard InChI is InChI=1S/C18H21NO3.ClH/c1-11-15-9-14(6-5-13(15)10-16(20)17(11)21)18(22)12(2)19-7-3-4-8-19;/h5-6,9-10,12,20-21H,3-4,7-8H2,1-2H3;1H. The van der Waals surface area contributed by atoms with Crippen LogP contribution in [0.1, 0.15) is 35.7 Å². The van der Waals surface area contributed by atoms with E-state index >= 15 is 0 Å². The lowest BCUT2D eigenvalue weighted by Crippen LogP contribution is -2.36. The second kappa shape index (κ2) is 6.77. The van der Waals surface area contributed by atoms with Crippen molar-refractivity contribution in [3.05, 3.63) is 35.4 Å². The summed E-state index contributed by atoms with van der Waals surface area (Å²) in [6.45, 7) is 5.66. The van der Waals surface area contributed by atoms with E-state index in [4.69, 9.17) is 0 Å². The number of hydrogen-bond acceptors (Lipinski definition) is 4. The van der Waals surface area contributed by atoms with Gasteiger partial charge in [0.25, 0.3) is 0 Å². The van der Waals surface area contributed by atoms with Crippen LogP contribution < -0.4 is 0 Å². The molecule has 1 heterocycles. The number of phenols is 2. The number of phenolic OH excluding ortho intramolecular Hbond substituents is 2. The fourth-order valence-electron chi connectivity index (χ4n) is 3.23. The van der Waals surface area contributed by atoms with E-state index < -0.39 is 0 Å². The maximum Gasteiger partial charge on any atom is 0.179 e. The SMILES string of the molecule is Cc1c(O)c(O)cc2ccc(C(=O)C(C)N3CCCC3)cc12.Cl. The number of likely N-dealkylation sites (tertiary alicyclic amines) is 1. The molecule has 1 aliphatic heterocycles. The van der Waals surface area contributed by atoms with E-state index in [2.05, 4.69) is 4.90 Å². The molecular weight excluding hydrogens is 314 g/mol. The largest absolute Gasteiger partial charge is 0.504 e. The van der Waals surface area contributed by atoms with Crippen molar-refractivity contribution in [1.29, 1.82) is 0 Å². The fraction of sp³-hybridized carbons (Fsp3) is 0.389. The molecule has 0 amide bonds. The summed E-state index contributed by atoms with van der Waals surface area (Å²) in [6, 6.07) is 6.85. The summed E-state index contributed by atoms with van der Waals surface area (Å²) < 4.78 is 0. The lowest BCUT2D eigenvalue weighted by molar-refractivity contribution is 0.0867. The van der Waals surface area contributed by atoms with Crippen LogP contribution in [0.4, 0.5) is 0 Å². The van der Waals surface area contributed by atoms with Crippen molar-refractivity contribution in [2.75, 3.05) is 13.1 Å². The molecule has 5 heteroatoms. The minimum absolute atomic E-state index is 0. The Morgan fingerprint density at radius 3 is 2.48 bits per heavy atom. The minimum Gasteiger partial charge on any atom is -0.504 e. The average Bonchev–Trinajstić information content (AvgIpc) is 3.05. The van der Waals surface area contributed by atoms with Crippen LogP contribution in [0.3, 0.4) is 0 Å². The Bertz CT molecular complexity index is 739. The van der Waals surface area contributed by atoms with Gasteiger partial charge in [-0.05, 0) is 62.7 Å². The number of ketones is 1. The maximum atomic E-state index is 12.7. The van der Waals surface area contributed by atoms with Crippen molar-refractivity contribution in [2.45, 2.75) is 32.7 Å². The summed E-state index contributed by atoms with van der Waals surface area (Å²) >= 11 is 0. The molecule has 124 valence electrons. The first kappa shape index (κ1) is 17.6. The maximum absolute atomic E-state index is 12.7. The summed E-state index contributed by atoms with van der Waals surface area (Å²) in [5.41, 5.74) is 1.25. The summed E-state index contributed by atoms with van der Waals surface area (Å²) in [7, 11) is 0. The normalized spacial score (nSPS) is 16.3. The highest BCUT2D eigenvalue weighted by Crippen LogP contribution is 2.35. The molecule has 3 rings (SSSR count). The quantitative estimate of drug-likeness (QED) is 0.664. The van der Waals surface area contributed by atoms with Crippen LogP contribution >= 0.6 is 12.4 Å². The van der Waals surface area contributed by atoms with E-state index in [1.165, 1.54) is 6.07 Å². The van der Waals surface area contributed by atoms with Gasteiger partial charge in [0.15, 0.2) is 17.3 Å². The van der Waals surface area contributed by atoms with Crippen LogP contribution in [0.5, 0.6) is 11.5 Å². The topological polar surface area (TPSA) is 60.8 Å². The third kappa shape index (κ3) is 3.14. The third-order valence-corrected chi connectivity index (χ3v) is 4.70. The van der Waals surface area contributed by atoms with Gasteiger partial charge in [-0.2, -0.15) is 0 Å². The first-order chi connectivity index (χ1) is 10.5. The predicted molar refractivity (Wildman–Crippen MR) is 93.9 cm³/mol. The highest BCUT2D eigenvalue weighted by molar-refractivity contribution is 6.03. The molecule has 1 aliphatic rings. The molecule has 1 unspecified atom stereocenters. The van der Waals surface area contributed by atoms with Crippen molar-refractivity contribution in [3.63, 3.8) is 0 Å². The van der Waals surface area contributed by atoms with E-state index in [9.17, 15) is 15.0 Å². The number of carbonyl (C=O) groups is 1. The summed E-state index contributed by atoms with van der Waals surface area (Å²) in [5.74, 6) is -0.144. The van der Waals surface area contributed by atoms with Gasteiger partial charge in [0.1, 0.15) is 0 Å². The zero-order chi connectivity index (χ0) is 15.9. The smallest absolute Gasteiger partial charge is 0.179 e. The van der Waals surface area contributed by atoms with Crippen LogP contribution in [0.15, 0.2) is 24.3 Å². The molecule has 0 saturated carbocycles. The molecule has 2 aromatic rings. The van der Waals surface area contributed by atoms with Crippen LogP contribution in [-0.2, 0) is 0 Å². The Kier molecular flexibility index (Phi) is 5.17. The van der Waals surface area contributed by atoms with Crippen LogP contribution in [0.2, 0.25) is 0 Å². The fourth-order valence-corrected chi connectivity index (χ4v) is 3.23. The summed E-state index contributed by atoms with van der Waals surface area (Å²) in [6.07, 6.45) is 2.31. The molecule has 0 aromatic heterocycles. The van der Waals surface area contributed by atoms with E-state index in [-0.39, 0.29) is 35.7 Å². The number of fused-ring (bicyclic) bond motifs is 1. The number of rotatable bonds is 3. The van der Waals surface area contributed by atoms with Crippen molar-refractivity contribution < 1.29 is 15.0 Å². The van der Waals surface area contributed by atoms with Gasteiger partial charge in [0.2, 0.25) is 0 Å². The molecule has 2 aromatic carbocycles. The third-order valence-electron chi connectivity index (χ3n) is 4.70. The average molecular weight is 336 g/mol. The van der Waals surface area contributed by atoms with Gasteiger partial charge in [0.05, 0.1) is 6.04 Å². The van der Waals surface area contributed by atoms with Gasteiger partial charge >= 0.3 is 0 Å². The summed E-state index contributed by atoms with van der Waals surface area (Å²) in [4.78, 5) is 14.9. The number of aryl methyl sites for hydroxylation is 1. The zero-order valence-corrected chi connectivity index (χ0v) is 14.2. The summed E-state index contributed by atoms with van der Waals surface area (Å²) in [5, 5.41) is 21.2. The number of carbonyl (C=O) groups excluding carboxylic acids is 1. The Balaban J connectivity index is 0.00000192. The lowest BCUT2D eigenvalue weighted by Gasteiger charge is -2.22. The van der Waals surface area contributed by atoms with Crippen molar-refractivity contribution in [3.8, 4) is 11.5 Å². The van der Waals surface area contributed by atoms with E-state index in [0.717, 1.165) is 36.7 Å². The first-order valence-corrected chi connectivity index (χ1v) is 7.72. The van der Waals surface area contributed by atoms with Crippen molar-refractivity contribution in [1.82, 2.24) is 4.90 Å². The predicted octanol–water partition coefficient (Wildman–Crippen LogP) is 3.65. The first-order valence-electron chi connectivity index (χ1n) is 7.72. The van der Waals surface area contributed by atoms with Gasteiger partial charge < -0.3 is 10.2 Å². The number of hydrogen-bond donors (Lipinski definition) is 2. The molecule has 0 radical (unpaired) electrons. The highest BCUT2D eigenvalue weighted by Gasteiger charge is 2.25. The van der Waals surface area contributed by atoms with Crippen LogP contribution in [0, 0.1) is 6.92 Å². The monoisotopic (exact) mass is 335 g/mol. The molecule has 1 saturated heterocycles. The minimum atomic E-state index is -0.130. The van der Waals surface area contributed by atoms with Gasteiger partial charge in [-0.15, -0.1) is 12.4 Å². The van der Waals surface area contributed by atoms with Crippen molar-refractivity contribution in [2.24, 2.45) is 0 Å². The molecule has 0 aliphatic carbocycles. The molecule has 4 nitrogen and oxygen atoms in total. The van der Waals surface area contributed by atoms with Crippen LogP contribution in [0.25, 0.3) is 10.8 Å².